The Morgan fingerprint density at radius 3 is 3.06 bits per heavy atom. The van der Waals surface area contributed by atoms with Gasteiger partial charge in [0, 0.05) is 18.0 Å². The lowest BCUT2D eigenvalue weighted by Gasteiger charge is -2.02. The topological polar surface area (TPSA) is 95.9 Å². The van der Waals surface area contributed by atoms with Gasteiger partial charge in [-0.2, -0.15) is 0 Å². The van der Waals surface area contributed by atoms with E-state index in [0.29, 0.717) is 11.0 Å². The molecule has 0 aliphatic heterocycles. The predicted octanol–water partition coefficient (Wildman–Crippen LogP) is 0.319. The molecule has 7 nitrogen and oxygen atoms in total. The van der Waals surface area contributed by atoms with Crippen molar-refractivity contribution in [3.8, 4) is 11.4 Å². The van der Waals surface area contributed by atoms with Gasteiger partial charge in [-0.15, -0.1) is 10.2 Å². The molecule has 2 rings (SSSR count). The molecular weight excluding hydrogens is 254 g/mol. The number of ether oxygens (including phenoxy) is 1. The first-order valence-corrected chi connectivity index (χ1v) is 6.01. The van der Waals surface area contributed by atoms with E-state index in [1.165, 1.54) is 11.8 Å². The Morgan fingerprint density at radius 1 is 1.56 bits per heavy atom. The minimum absolute atomic E-state index is 0.138. The fourth-order valence-corrected chi connectivity index (χ4v) is 1.94. The lowest BCUT2D eigenvalue weighted by atomic mass is 10.3. The number of pyridine rings is 1. The first kappa shape index (κ1) is 12.4. The Labute approximate surface area is 107 Å². The SMILES string of the molecule is COC(=O)CSc1nnc(-c2cccnc2)n1N. The molecule has 0 spiro atoms. The number of hydrogen-bond donors (Lipinski definition) is 1. The lowest BCUT2D eigenvalue weighted by Crippen LogP contribution is -2.13. The summed E-state index contributed by atoms with van der Waals surface area (Å²) in [5, 5.41) is 8.32. The van der Waals surface area contributed by atoms with E-state index in [-0.39, 0.29) is 11.7 Å². The Morgan fingerprint density at radius 2 is 2.39 bits per heavy atom. The number of hydrogen-bond acceptors (Lipinski definition) is 7. The Bertz CT molecular complexity index is 542. The number of methoxy groups -OCH3 is 1. The van der Waals surface area contributed by atoms with Crippen LogP contribution in [0.2, 0.25) is 0 Å². The van der Waals surface area contributed by atoms with E-state index in [1.54, 1.807) is 18.5 Å². The molecule has 0 saturated carbocycles. The van der Waals surface area contributed by atoms with Crippen molar-refractivity contribution >= 4 is 17.7 Å². The zero-order valence-electron chi connectivity index (χ0n) is 9.61. The monoisotopic (exact) mass is 265 g/mol. The molecule has 8 heteroatoms. The zero-order valence-corrected chi connectivity index (χ0v) is 10.4. The van der Waals surface area contributed by atoms with E-state index in [4.69, 9.17) is 5.84 Å². The molecule has 0 amide bonds. The molecule has 2 heterocycles. The van der Waals surface area contributed by atoms with Crippen LogP contribution in [-0.4, -0.2) is 38.7 Å². The zero-order chi connectivity index (χ0) is 13.0. The quantitative estimate of drug-likeness (QED) is 0.483. The van der Waals surface area contributed by atoms with Crippen molar-refractivity contribution < 1.29 is 9.53 Å². The average molecular weight is 265 g/mol. The molecule has 0 fully saturated rings. The van der Waals surface area contributed by atoms with Crippen LogP contribution in [0.5, 0.6) is 0 Å². The first-order valence-electron chi connectivity index (χ1n) is 5.03. The van der Waals surface area contributed by atoms with Crippen molar-refractivity contribution in [2.45, 2.75) is 5.16 Å². The van der Waals surface area contributed by atoms with E-state index in [2.05, 4.69) is 19.9 Å². The fraction of sp³-hybridized carbons (Fsp3) is 0.200. The number of nitrogens with two attached hydrogens (primary N) is 1. The van der Waals surface area contributed by atoms with E-state index < -0.39 is 0 Å². The maximum Gasteiger partial charge on any atom is 0.316 e. The van der Waals surface area contributed by atoms with Gasteiger partial charge in [0.2, 0.25) is 5.16 Å². The summed E-state index contributed by atoms with van der Waals surface area (Å²) in [6, 6.07) is 3.61. The van der Waals surface area contributed by atoms with Crippen molar-refractivity contribution in [3.63, 3.8) is 0 Å². The van der Waals surface area contributed by atoms with Gasteiger partial charge in [0.1, 0.15) is 0 Å². The number of nitrogen functional groups attached to an aromatic ring is 1. The molecule has 0 radical (unpaired) electrons. The van der Waals surface area contributed by atoms with Crippen molar-refractivity contribution in [3.05, 3.63) is 24.5 Å². The van der Waals surface area contributed by atoms with Gasteiger partial charge < -0.3 is 10.6 Å². The second-order valence-corrected chi connectivity index (χ2v) is 4.23. The third-order valence-electron chi connectivity index (χ3n) is 2.13. The number of carbonyl (C=O) groups excluding carboxylic acids is 1. The van der Waals surface area contributed by atoms with Crippen LogP contribution in [0.15, 0.2) is 29.7 Å². The maximum atomic E-state index is 11.0. The van der Waals surface area contributed by atoms with Crippen molar-refractivity contribution in [2.24, 2.45) is 0 Å². The van der Waals surface area contributed by atoms with Crippen LogP contribution in [0.3, 0.4) is 0 Å². The second-order valence-electron chi connectivity index (χ2n) is 3.28. The summed E-state index contributed by atoms with van der Waals surface area (Å²) >= 11 is 1.16. The molecule has 0 unspecified atom stereocenters. The number of carbonyl (C=O) groups is 1. The molecule has 0 aliphatic rings. The van der Waals surface area contributed by atoms with Gasteiger partial charge in [0.25, 0.3) is 0 Å². The smallest absolute Gasteiger partial charge is 0.316 e. The lowest BCUT2D eigenvalue weighted by molar-refractivity contribution is -0.137. The molecule has 0 aliphatic carbocycles. The van der Waals surface area contributed by atoms with Crippen LogP contribution in [-0.2, 0) is 9.53 Å². The van der Waals surface area contributed by atoms with Gasteiger partial charge in [-0.25, -0.2) is 4.68 Å². The molecule has 2 aromatic rings. The highest BCUT2D eigenvalue weighted by Gasteiger charge is 2.13. The summed E-state index contributed by atoms with van der Waals surface area (Å²) in [5.74, 6) is 6.15. The third-order valence-corrected chi connectivity index (χ3v) is 3.05. The summed E-state index contributed by atoms with van der Waals surface area (Å²) in [6.45, 7) is 0. The van der Waals surface area contributed by atoms with E-state index in [0.717, 1.165) is 17.3 Å². The van der Waals surface area contributed by atoms with E-state index in [1.807, 2.05) is 6.07 Å². The Kier molecular flexibility index (Phi) is 3.78. The molecule has 2 N–H and O–H groups in total. The molecule has 2 aromatic heterocycles. The predicted molar refractivity (Wildman–Crippen MR) is 66.1 cm³/mol. The van der Waals surface area contributed by atoms with E-state index in [9.17, 15) is 4.79 Å². The highest BCUT2D eigenvalue weighted by molar-refractivity contribution is 7.99. The van der Waals surface area contributed by atoms with Gasteiger partial charge >= 0.3 is 5.97 Å². The molecule has 18 heavy (non-hydrogen) atoms. The summed E-state index contributed by atoms with van der Waals surface area (Å²) in [4.78, 5) is 15.0. The van der Waals surface area contributed by atoms with Crippen LogP contribution in [0.4, 0.5) is 0 Å². The maximum absolute atomic E-state index is 11.0. The van der Waals surface area contributed by atoms with Gasteiger partial charge in [0.15, 0.2) is 5.82 Å². The van der Waals surface area contributed by atoms with Gasteiger partial charge in [0.05, 0.1) is 12.9 Å². The summed E-state index contributed by atoms with van der Waals surface area (Å²) in [6.07, 6.45) is 3.30. The second kappa shape index (κ2) is 5.50. The number of aromatic nitrogens is 4. The summed E-state index contributed by atoms with van der Waals surface area (Å²) < 4.78 is 5.86. The largest absolute Gasteiger partial charge is 0.468 e. The highest BCUT2D eigenvalue weighted by Crippen LogP contribution is 2.20. The third kappa shape index (κ3) is 2.59. The van der Waals surface area contributed by atoms with Crippen molar-refractivity contribution in [1.82, 2.24) is 19.9 Å². The molecule has 0 bridgehead atoms. The summed E-state index contributed by atoms with van der Waals surface area (Å²) in [7, 11) is 1.33. The minimum Gasteiger partial charge on any atom is -0.468 e. The van der Waals surface area contributed by atoms with Crippen molar-refractivity contribution in [2.75, 3.05) is 18.7 Å². The van der Waals surface area contributed by atoms with E-state index >= 15 is 0 Å². The Hall–Kier alpha value is -2.09. The first-order chi connectivity index (χ1) is 8.72. The molecule has 0 aromatic carbocycles. The standard InChI is InChI=1S/C10H11N5O2S/c1-17-8(16)6-18-10-14-13-9(15(10)11)7-3-2-4-12-5-7/h2-5H,6,11H2,1H3. The van der Waals surface area contributed by atoms with Crippen LogP contribution in [0.25, 0.3) is 11.4 Å². The fourth-order valence-electron chi connectivity index (χ4n) is 1.25. The number of nitrogens with zero attached hydrogens (tertiary/aromatic N) is 4. The number of rotatable bonds is 4. The van der Waals surface area contributed by atoms with Crippen LogP contribution < -0.4 is 5.84 Å². The summed E-state index contributed by atoms with van der Waals surface area (Å²) in [5.41, 5.74) is 0.761. The van der Waals surface area contributed by atoms with Crippen LogP contribution in [0, 0.1) is 0 Å². The highest BCUT2D eigenvalue weighted by atomic mass is 32.2. The number of thioether (sulfide) groups is 1. The van der Waals surface area contributed by atoms with Gasteiger partial charge in [-0.1, -0.05) is 11.8 Å². The average Bonchev–Trinajstić information content (AvgIpc) is 2.78. The van der Waals surface area contributed by atoms with Crippen LogP contribution >= 0.6 is 11.8 Å². The van der Waals surface area contributed by atoms with Gasteiger partial charge in [-0.3, -0.25) is 9.78 Å². The molecular formula is C10H11N5O2S. The normalized spacial score (nSPS) is 10.3. The minimum atomic E-state index is -0.342. The number of esters is 1. The molecule has 0 atom stereocenters. The van der Waals surface area contributed by atoms with Crippen molar-refractivity contribution in [1.29, 1.82) is 0 Å². The molecule has 0 saturated heterocycles. The van der Waals surface area contributed by atoms with Gasteiger partial charge in [-0.05, 0) is 12.1 Å². The molecule has 94 valence electrons. The van der Waals surface area contributed by atoms with Crippen LogP contribution in [0.1, 0.15) is 0 Å². The Balaban J connectivity index is 2.17.